The van der Waals surface area contributed by atoms with Gasteiger partial charge in [-0.05, 0) is 25.3 Å². The number of nitrogens with zero attached hydrogens (tertiary/aromatic N) is 2. The lowest BCUT2D eigenvalue weighted by atomic mass is 10.1. The fraction of sp³-hybridized carbons (Fsp3) is 0.500. The van der Waals surface area contributed by atoms with E-state index in [2.05, 4.69) is 10.3 Å². The standard InChI is InChI=1S/C12H18N4O/c1-16(10-5-7-14-8-9(10)13)11-4-2-3-6-15-12(11)17/h5,7-8,11H,2-4,6,13H2,1H3,(H,15,17). The Hall–Kier alpha value is -1.78. The molecule has 1 aromatic heterocycles. The number of nitrogens with one attached hydrogen (secondary N) is 1. The van der Waals surface area contributed by atoms with Crippen LogP contribution in [-0.4, -0.2) is 30.5 Å². The molecule has 0 bridgehead atoms. The van der Waals surface area contributed by atoms with Gasteiger partial charge in [-0.25, -0.2) is 0 Å². The lowest BCUT2D eigenvalue weighted by molar-refractivity contribution is -0.122. The van der Waals surface area contributed by atoms with Gasteiger partial charge < -0.3 is 16.0 Å². The van der Waals surface area contributed by atoms with E-state index in [1.165, 1.54) is 0 Å². The molecule has 1 saturated heterocycles. The van der Waals surface area contributed by atoms with Gasteiger partial charge in [-0.3, -0.25) is 9.78 Å². The maximum atomic E-state index is 11.9. The molecule has 0 aliphatic carbocycles. The van der Waals surface area contributed by atoms with Crippen LogP contribution in [0.1, 0.15) is 19.3 Å². The molecular formula is C12H18N4O. The van der Waals surface area contributed by atoms with Crippen molar-refractivity contribution in [3.05, 3.63) is 18.5 Å². The summed E-state index contributed by atoms with van der Waals surface area (Å²) in [5.74, 6) is 0.0845. The Kier molecular flexibility index (Phi) is 3.46. The molecule has 1 atom stereocenters. The van der Waals surface area contributed by atoms with E-state index < -0.39 is 0 Å². The van der Waals surface area contributed by atoms with Gasteiger partial charge in [0.1, 0.15) is 6.04 Å². The number of rotatable bonds is 2. The Morgan fingerprint density at radius 1 is 1.53 bits per heavy atom. The predicted octanol–water partition coefficient (Wildman–Crippen LogP) is 0.769. The number of hydrogen-bond donors (Lipinski definition) is 2. The first-order valence-corrected chi connectivity index (χ1v) is 5.90. The van der Waals surface area contributed by atoms with Crippen LogP contribution in [0.25, 0.3) is 0 Å². The molecule has 2 heterocycles. The van der Waals surface area contributed by atoms with Crippen LogP contribution in [0, 0.1) is 0 Å². The predicted molar refractivity (Wildman–Crippen MR) is 67.7 cm³/mol. The number of likely N-dealkylation sites (N-methyl/N-ethyl adjacent to an activating group) is 1. The summed E-state index contributed by atoms with van der Waals surface area (Å²) in [6.07, 6.45) is 6.27. The molecule has 1 amide bonds. The van der Waals surface area contributed by atoms with Crippen molar-refractivity contribution in [3.63, 3.8) is 0 Å². The number of nitrogen functional groups attached to an aromatic ring is 1. The summed E-state index contributed by atoms with van der Waals surface area (Å²) in [4.78, 5) is 17.8. The van der Waals surface area contributed by atoms with Gasteiger partial charge in [-0.1, -0.05) is 0 Å². The van der Waals surface area contributed by atoms with Crippen molar-refractivity contribution in [2.24, 2.45) is 0 Å². The average Bonchev–Trinajstić information content (AvgIpc) is 2.54. The smallest absolute Gasteiger partial charge is 0.242 e. The normalized spacial score (nSPS) is 20.5. The van der Waals surface area contributed by atoms with E-state index in [0.717, 1.165) is 31.5 Å². The van der Waals surface area contributed by atoms with Crippen LogP contribution in [0.4, 0.5) is 11.4 Å². The lowest BCUT2D eigenvalue weighted by Crippen LogP contribution is -2.44. The molecule has 17 heavy (non-hydrogen) atoms. The third kappa shape index (κ3) is 2.49. The van der Waals surface area contributed by atoms with Crippen molar-refractivity contribution < 1.29 is 4.79 Å². The summed E-state index contributed by atoms with van der Waals surface area (Å²) in [5.41, 5.74) is 7.34. The fourth-order valence-electron chi connectivity index (χ4n) is 2.18. The summed E-state index contributed by atoms with van der Waals surface area (Å²) in [6.45, 7) is 0.773. The number of hydrogen-bond acceptors (Lipinski definition) is 4. The first-order valence-electron chi connectivity index (χ1n) is 5.90. The van der Waals surface area contributed by atoms with Crippen molar-refractivity contribution in [2.75, 3.05) is 24.2 Å². The van der Waals surface area contributed by atoms with Crippen LogP contribution in [0.2, 0.25) is 0 Å². The van der Waals surface area contributed by atoms with Gasteiger partial charge in [0.15, 0.2) is 0 Å². The van der Waals surface area contributed by atoms with Gasteiger partial charge in [0, 0.05) is 19.8 Å². The quantitative estimate of drug-likeness (QED) is 0.793. The molecule has 0 spiro atoms. The van der Waals surface area contributed by atoms with Gasteiger partial charge in [0.2, 0.25) is 5.91 Å². The molecule has 0 radical (unpaired) electrons. The fourth-order valence-corrected chi connectivity index (χ4v) is 2.18. The van der Waals surface area contributed by atoms with Crippen LogP contribution < -0.4 is 16.0 Å². The molecule has 1 unspecified atom stereocenters. The second kappa shape index (κ2) is 5.03. The van der Waals surface area contributed by atoms with Crippen molar-refractivity contribution in [1.82, 2.24) is 10.3 Å². The Balaban J connectivity index is 2.21. The summed E-state index contributed by atoms with van der Waals surface area (Å²) in [6, 6.07) is 1.70. The summed E-state index contributed by atoms with van der Waals surface area (Å²) >= 11 is 0. The molecule has 1 aromatic rings. The zero-order valence-corrected chi connectivity index (χ0v) is 10.0. The van der Waals surface area contributed by atoms with Crippen molar-refractivity contribution >= 4 is 17.3 Å². The molecule has 0 saturated carbocycles. The highest BCUT2D eigenvalue weighted by Crippen LogP contribution is 2.24. The first kappa shape index (κ1) is 11.7. The largest absolute Gasteiger partial charge is 0.396 e. The number of amides is 1. The third-order valence-electron chi connectivity index (χ3n) is 3.18. The van der Waals surface area contributed by atoms with E-state index in [-0.39, 0.29) is 11.9 Å². The summed E-state index contributed by atoms with van der Waals surface area (Å²) in [7, 11) is 1.90. The van der Waals surface area contributed by atoms with Crippen LogP contribution in [0.5, 0.6) is 0 Å². The third-order valence-corrected chi connectivity index (χ3v) is 3.18. The van der Waals surface area contributed by atoms with E-state index in [1.807, 2.05) is 18.0 Å². The molecule has 1 aliphatic heterocycles. The van der Waals surface area contributed by atoms with Crippen LogP contribution in [0.15, 0.2) is 18.5 Å². The minimum atomic E-state index is -0.137. The number of nitrogens with two attached hydrogens (primary N) is 1. The van der Waals surface area contributed by atoms with Crippen molar-refractivity contribution in [2.45, 2.75) is 25.3 Å². The number of carbonyl (C=O) groups excluding carboxylic acids is 1. The SMILES string of the molecule is CN(c1ccncc1N)C1CCCCNC1=O. The maximum Gasteiger partial charge on any atom is 0.242 e. The second-order valence-corrected chi connectivity index (χ2v) is 4.35. The first-order chi connectivity index (χ1) is 8.20. The second-order valence-electron chi connectivity index (χ2n) is 4.35. The van der Waals surface area contributed by atoms with Crippen molar-refractivity contribution in [3.8, 4) is 0 Å². The van der Waals surface area contributed by atoms with Gasteiger partial charge in [-0.2, -0.15) is 0 Å². The van der Waals surface area contributed by atoms with E-state index in [4.69, 9.17) is 5.73 Å². The van der Waals surface area contributed by atoms with Crippen molar-refractivity contribution in [1.29, 1.82) is 0 Å². The number of pyridine rings is 1. The zero-order valence-electron chi connectivity index (χ0n) is 10.0. The molecular weight excluding hydrogens is 216 g/mol. The van der Waals surface area contributed by atoms with Crippen LogP contribution in [-0.2, 0) is 4.79 Å². The van der Waals surface area contributed by atoms with Gasteiger partial charge >= 0.3 is 0 Å². The minimum absolute atomic E-state index is 0.0845. The van der Waals surface area contributed by atoms with Gasteiger partial charge in [-0.15, -0.1) is 0 Å². The Bertz CT molecular complexity index is 407. The van der Waals surface area contributed by atoms with Crippen LogP contribution in [0.3, 0.4) is 0 Å². The molecule has 92 valence electrons. The molecule has 3 N–H and O–H groups in total. The van der Waals surface area contributed by atoms with E-state index >= 15 is 0 Å². The number of carbonyl (C=O) groups is 1. The number of anilines is 2. The molecule has 1 fully saturated rings. The Morgan fingerprint density at radius 3 is 3.12 bits per heavy atom. The molecule has 0 aromatic carbocycles. The topological polar surface area (TPSA) is 71.2 Å². The van der Waals surface area contributed by atoms with Gasteiger partial charge in [0.05, 0.1) is 17.6 Å². The Labute approximate surface area is 101 Å². The van der Waals surface area contributed by atoms with Gasteiger partial charge in [0.25, 0.3) is 0 Å². The summed E-state index contributed by atoms with van der Waals surface area (Å²) < 4.78 is 0. The molecule has 5 nitrogen and oxygen atoms in total. The average molecular weight is 234 g/mol. The van der Waals surface area contributed by atoms with E-state index in [0.29, 0.717) is 5.69 Å². The summed E-state index contributed by atoms with van der Waals surface area (Å²) in [5, 5.41) is 2.93. The van der Waals surface area contributed by atoms with Crippen LogP contribution >= 0.6 is 0 Å². The van der Waals surface area contributed by atoms with E-state index in [9.17, 15) is 4.79 Å². The highest BCUT2D eigenvalue weighted by molar-refractivity contribution is 5.86. The highest BCUT2D eigenvalue weighted by atomic mass is 16.2. The monoisotopic (exact) mass is 234 g/mol. The highest BCUT2D eigenvalue weighted by Gasteiger charge is 2.25. The molecule has 2 rings (SSSR count). The maximum absolute atomic E-state index is 11.9. The molecule has 5 heteroatoms. The number of aromatic nitrogens is 1. The molecule has 1 aliphatic rings. The minimum Gasteiger partial charge on any atom is -0.396 e. The van der Waals surface area contributed by atoms with E-state index in [1.54, 1.807) is 12.4 Å². The Morgan fingerprint density at radius 2 is 2.35 bits per heavy atom. The lowest BCUT2D eigenvalue weighted by Gasteiger charge is -2.28. The zero-order chi connectivity index (χ0) is 12.3.